The van der Waals surface area contributed by atoms with Gasteiger partial charge in [0, 0.05) is 16.8 Å². The predicted octanol–water partition coefficient (Wildman–Crippen LogP) is 6.89. The molecule has 2 saturated carbocycles. The Morgan fingerprint density at radius 1 is 0.905 bits per heavy atom. The fourth-order valence-corrected chi connectivity index (χ4v) is 11.0. The first-order chi connectivity index (χ1) is 19.9. The summed E-state index contributed by atoms with van der Waals surface area (Å²) in [5.74, 6) is 1.30. The summed E-state index contributed by atoms with van der Waals surface area (Å²) in [5.41, 5.74) is 18.0. The highest BCUT2D eigenvalue weighted by Gasteiger charge is 2.61. The molecular formula is C37H51N3O2. The first kappa shape index (κ1) is 29.3. The quantitative estimate of drug-likeness (QED) is 0.270. The van der Waals surface area contributed by atoms with E-state index in [1.54, 1.807) is 0 Å². The van der Waals surface area contributed by atoms with Crippen LogP contribution in [0.2, 0.25) is 0 Å². The highest BCUT2D eigenvalue weighted by molar-refractivity contribution is 5.95. The van der Waals surface area contributed by atoms with Gasteiger partial charge in [0.1, 0.15) is 0 Å². The maximum absolute atomic E-state index is 15.5. The van der Waals surface area contributed by atoms with E-state index in [1.807, 2.05) is 12.1 Å². The molecule has 2 aromatic carbocycles. The van der Waals surface area contributed by atoms with Crippen LogP contribution >= 0.6 is 0 Å². The summed E-state index contributed by atoms with van der Waals surface area (Å²) in [4.78, 5) is 27.9. The molecule has 2 aromatic rings. The third kappa shape index (κ3) is 4.24. The molecule has 0 radical (unpaired) electrons. The summed E-state index contributed by atoms with van der Waals surface area (Å²) in [7, 11) is 0. The van der Waals surface area contributed by atoms with Crippen molar-refractivity contribution >= 4 is 23.6 Å². The minimum Gasteiger partial charge on any atom is -0.399 e. The number of hydrogen-bond acceptors (Lipinski definition) is 4. The normalized spacial score (nSPS) is 37.1. The number of carbonyl (C=O) groups excluding carboxylic acids is 2. The fraction of sp³-hybridized carbons (Fsp3) is 0.622. The summed E-state index contributed by atoms with van der Waals surface area (Å²) >= 11 is 0. The Hall–Kier alpha value is -2.82. The van der Waals surface area contributed by atoms with E-state index in [0.29, 0.717) is 11.8 Å². The SMILES string of the molecule is CC1CC[C@](C)(C(=O)C(C)(NC=O)C2CCCC3(C)c4cc(N)ccc4CCC23)C2CCc3ccc(N)cc3C2(C)C1. The number of nitrogens with two attached hydrogens (primary N) is 2. The summed E-state index contributed by atoms with van der Waals surface area (Å²) < 4.78 is 0. The Labute approximate surface area is 252 Å². The van der Waals surface area contributed by atoms with Crippen LogP contribution in [-0.2, 0) is 33.3 Å². The number of aryl methyl sites for hydroxylation is 2. The number of fused-ring (bicyclic) bond motifs is 6. The molecule has 2 fully saturated rings. The summed E-state index contributed by atoms with van der Waals surface area (Å²) in [5, 5.41) is 3.23. The van der Waals surface area contributed by atoms with E-state index in [2.05, 4.69) is 64.2 Å². The van der Waals surface area contributed by atoms with Crippen LogP contribution in [0.25, 0.3) is 0 Å². The molecule has 226 valence electrons. The molecular weight excluding hydrogens is 518 g/mol. The molecule has 1 amide bonds. The van der Waals surface area contributed by atoms with E-state index >= 15 is 4.79 Å². The molecule has 0 heterocycles. The van der Waals surface area contributed by atoms with E-state index in [9.17, 15) is 4.79 Å². The average Bonchev–Trinajstić information content (AvgIpc) is 3.06. The van der Waals surface area contributed by atoms with E-state index in [1.165, 1.54) is 22.3 Å². The van der Waals surface area contributed by atoms with Crippen LogP contribution < -0.4 is 16.8 Å². The van der Waals surface area contributed by atoms with E-state index in [0.717, 1.165) is 82.0 Å². The second kappa shape index (κ2) is 10.1. The number of nitrogen functional groups attached to an aromatic ring is 2. The smallest absolute Gasteiger partial charge is 0.207 e. The number of amides is 1. The lowest BCUT2D eigenvalue weighted by Gasteiger charge is -2.57. The first-order valence-electron chi connectivity index (χ1n) is 16.4. The highest BCUT2D eigenvalue weighted by Crippen LogP contribution is 2.61. The lowest BCUT2D eigenvalue weighted by atomic mass is 9.48. The molecule has 5 heteroatoms. The minimum atomic E-state index is -0.939. The van der Waals surface area contributed by atoms with Crippen molar-refractivity contribution in [3.63, 3.8) is 0 Å². The van der Waals surface area contributed by atoms with Crippen LogP contribution in [-0.4, -0.2) is 17.7 Å². The Bertz CT molecular complexity index is 1400. The third-order valence-corrected chi connectivity index (χ3v) is 13.0. The van der Waals surface area contributed by atoms with Gasteiger partial charge in [-0.15, -0.1) is 0 Å². The molecule has 4 aliphatic rings. The van der Waals surface area contributed by atoms with Gasteiger partial charge in [-0.1, -0.05) is 46.2 Å². The van der Waals surface area contributed by atoms with Crippen LogP contribution in [0.15, 0.2) is 36.4 Å². The zero-order valence-corrected chi connectivity index (χ0v) is 26.4. The van der Waals surface area contributed by atoms with Gasteiger partial charge in [-0.05, 0) is 146 Å². The van der Waals surface area contributed by atoms with E-state index < -0.39 is 11.0 Å². The van der Waals surface area contributed by atoms with Gasteiger partial charge >= 0.3 is 0 Å². The zero-order chi connectivity index (χ0) is 30.1. The maximum atomic E-state index is 15.5. The molecule has 6 rings (SSSR count). The average molecular weight is 570 g/mol. The maximum Gasteiger partial charge on any atom is 0.207 e. The largest absolute Gasteiger partial charge is 0.399 e. The first-order valence-corrected chi connectivity index (χ1v) is 16.4. The summed E-state index contributed by atoms with van der Waals surface area (Å²) in [6.45, 7) is 11.5. The highest BCUT2D eigenvalue weighted by atomic mass is 16.1. The topological polar surface area (TPSA) is 98.2 Å². The lowest BCUT2D eigenvalue weighted by molar-refractivity contribution is -0.147. The Balaban J connectivity index is 1.44. The predicted molar refractivity (Wildman–Crippen MR) is 171 cm³/mol. The lowest BCUT2D eigenvalue weighted by Crippen LogP contribution is -2.65. The van der Waals surface area contributed by atoms with Crippen molar-refractivity contribution in [3.8, 4) is 0 Å². The molecule has 0 spiro atoms. The monoisotopic (exact) mass is 569 g/mol. The van der Waals surface area contributed by atoms with Crippen LogP contribution in [0.5, 0.6) is 0 Å². The minimum absolute atomic E-state index is 0.0628. The Morgan fingerprint density at radius 3 is 2.17 bits per heavy atom. The number of Topliss-reactive ketones (excluding diaryl/α,β-unsaturated/α-hetero) is 1. The standard InChI is InChI=1S/C37H51N3O2/c1-23-16-18-35(3,32-15-11-25-9-13-27(39)20-31(25)36(32,4)21-23)33(42)37(5,40-22-41)29-7-6-17-34(2)28(29)14-10-24-8-12-26(38)19-30(24)34/h8-9,12-13,19-20,22-23,28-29,32H,6-7,10-11,14-18,21,38-39H2,1-5H3,(H,40,41)/t23?,28?,29?,32?,34?,35-,36?,37?/m0/s1. The van der Waals surface area contributed by atoms with Gasteiger partial charge in [-0.2, -0.15) is 0 Å². The molecule has 7 unspecified atom stereocenters. The number of benzene rings is 2. The van der Waals surface area contributed by atoms with Crippen LogP contribution in [0.3, 0.4) is 0 Å². The number of rotatable bonds is 5. The number of ketones is 1. The van der Waals surface area contributed by atoms with E-state index in [-0.39, 0.29) is 28.4 Å². The number of anilines is 2. The molecule has 5 N–H and O–H groups in total. The Morgan fingerprint density at radius 2 is 1.52 bits per heavy atom. The van der Waals surface area contributed by atoms with Gasteiger partial charge < -0.3 is 16.8 Å². The fourth-order valence-electron chi connectivity index (χ4n) is 11.0. The zero-order valence-electron chi connectivity index (χ0n) is 26.4. The molecule has 42 heavy (non-hydrogen) atoms. The van der Waals surface area contributed by atoms with Gasteiger partial charge in [-0.3, -0.25) is 9.59 Å². The number of carbonyl (C=O) groups is 2. The van der Waals surface area contributed by atoms with Crippen molar-refractivity contribution in [2.24, 2.45) is 29.1 Å². The van der Waals surface area contributed by atoms with Gasteiger partial charge in [0.15, 0.2) is 5.78 Å². The number of hydrogen-bond donors (Lipinski definition) is 3. The Kier molecular flexibility index (Phi) is 7.06. The van der Waals surface area contributed by atoms with Crippen LogP contribution in [0, 0.1) is 29.1 Å². The summed E-state index contributed by atoms with van der Waals surface area (Å²) in [6, 6.07) is 12.8. The molecule has 0 aromatic heterocycles. The third-order valence-electron chi connectivity index (χ3n) is 13.0. The van der Waals surface area contributed by atoms with Crippen molar-refractivity contribution in [2.45, 2.75) is 115 Å². The van der Waals surface area contributed by atoms with Crippen molar-refractivity contribution in [1.29, 1.82) is 0 Å². The molecule has 8 atom stereocenters. The molecule has 0 saturated heterocycles. The van der Waals surface area contributed by atoms with Gasteiger partial charge in [-0.25, -0.2) is 0 Å². The van der Waals surface area contributed by atoms with Crippen molar-refractivity contribution < 1.29 is 9.59 Å². The molecule has 0 aliphatic heterocycles. The van der Waals surface area contributed by atoms with Crippen molar-refractivity contribution in [2.75, 3.05) is 11.5 Å². The van der Waals surface area contributed by atoms with E-state index in [4.69, 9.17) is 11.5 Å². The van der Waals surface area contributed by atoms with Gasteiger partial charge in [0.05, 0.1) is 5.54 Å². The van der Waals surface area contributed by atoms with Gasteiger partial charge in [0.2, 0.25) is 6.41 Å². The second-order valence-corrected chi connectivity index (χ2v) is 15.5. The van der Waals surface area contributed by atoms with Crippen molar-refractivity contribution in [3.05, 3.63) is 58.7 Å². The molecule has 0 bridgehead atoms. The molecule has 4 aliphatic carbocycles. The van der Waals surface area contributed by atoms with Crippen LogP contribution in [0.1, 0.15) is 108 Å². The van der Waals surface area contributed by atoms with Gasteiger partial charge in [0.25, 0.3) is 0 Å². The number of nitrogens with one attached hydrogen (secondary N) is 1. The molecule has 5 nitrogen and oxygen atoms in total. The van der Waals surface area contributed by atoms with Crippen LogP contribution in [0.4, 0.5) is 11.4 Å². The van der Waals surface area contributed by atoms with Crippen molar-refractivity contribution in [1.82, 2.24) is 5.32 Å². The second-order valence-electron chi connectivity index (χ2n) is 15.5. The summed E-state index contributed by atoms with van der Waals surface area (Å²) in [6.07, 6.45) is 10.8.